The minimum atomic E-state index is -4.95. The first-order valence-corrected chi connectivity index (χ1v) is 40.1. The molecule has 0 aromatic rings. The van der Waals surface area contributed by atoms with Gasteiger partial charge in [0.1, 0.15) is 19.3 Å². The van der Waals surface area contributed by atoms with Crippen LogP contribution < -0.4 is 0 Å². The van der Waals surface area contributed by atoms with E-state index in [0.29, 0.717) is 25.7 Å². The van der Waals surface area contributed by atoms with E-state index in [1.807, 2.05) is 0 Å². The molecule has 0 aliphatic carbocycles. The van der Waals surface area contributed by atoms with E-state index in [1.54, 1.807) is 0 Å². The van der Waals surface area contributed by atoms with Gasteiger partial charge in [-0.1, -0.05) is 317 Å². The number of ether oxygens (including phenoxy) is 4. The Balaban J connectivity index is 5.25. The molecule has 534 valence electrons. The minimum absolute atomic E-state index is 0.106. The molecule has 5 atom stereocenters. The summed E-state index contributed by atoms with van der Waals surface area (Å²) in [6, 6.07) is 0. The van der Waals surface area contributed by atoms with Crippen LogP contribution in [0.25, 0.3) is 0 Å². The van der Waals surface area contributed by atoms with Crippen LogP contribution in [0, 0.1) is 5.92 Å². The maximum absolute atomic E-state index is 13.0. The Morgan fingerprint density at radius 2 is 0.511 bits per heavy atom. The van der Waals surface area contributed by atoms with Crippen molar-refractivity contribution in [2.45, 2.75) is 387 Å². The van der Waals surface area contributed by atoms with Crippen molar-refractivity contribution < 1.29 is 80.2 Å². The quantitative estimate of drug-likeness (QED) is 0.0222. The average molecular weight is 1330 g/mol. The molecular formula is C71H138O17P2. The number of esters is 4. The summed E-state index contributed by atoms with van der Waals surface area (Å²) in [6.45, 7) is 7.23. The topological polar surface area (TPSA) is 237 Å². The summed E-state index contributed by atoms with van der Waals surface area (Å²) < 4.78 is 68.3. The number of phosphoric ester groups is 2. The highest BCUT2D eigenvalue weighted by molar-refractivity contribution is 7.47. The van der Waals surface area contributed by atoms with E-state index in [-0.39, 0.29) is 25.7 Å². The van der Waals surface area contributed by atoms with Gasteiger partial charge in [0.15, 0.2) is 12.2 Å². The van der Waals surface area contributed by atoms with Crippen LogP contribution >= 0.6 is 15.6 Å². The largest absolute Gasteiger partial charge is 0.472 e. The average Bonchev–Trinajstić information content (AvgIpc) is 2.96. The van der Waals surface area contributed by atoms with Gasteiger partial charge < -0.3 is 33.8 Å². The second-order valence-electron chi connectivity index (χ2n) is 26.1. The summed E-state index contributed by atoms with van der Waals surface area (Å²) in [5.41, 5.74) is 0. The molecule has 0 aromatic heterocycles. The molecule has 0 heterocycles. The third-order valence-corrected chi connectivity index (χ3v) is 18.4. The molecule has 0 amide bonds. The summed E-state index contributed by atoms with van der Waals surface area (Å²) >= 11 is 0. The van der Waals surface area contributed by atoms with Gasteiger partial charge in [0.05, 0.1) is 26.4 Å². The van der Waals surface area contributed by atoms with Crippen LogP contribution in [-0.4, -0.2) is 96.7 Å². The highest BCUT2D eigenvalue weighted by atomic mass is 31.2. The van der Waals surface area contributed by atoms with E-state index in [0.717, 1.165) is 95.8 Å². The number of carbonyl (C=O) groups excluding carboxylic acids is 4. The number of hydrogen-bond donors (Lipinski definition) is 3. The lowest BCUT2D eigenvalue weighted by molar-refractivity contribution is -0.161. The van der Waals surface area contributed by atoms with Crippen molar-refractivity contribution in [3.63, 3.8) is 0 Å². The molecule has 0 bridgehead atoms. The fourth-order valence-electron chi connectivity index (χ4n) is 10.8. The number of unbranched alkanes of at least 4 members (excludes halogenated alkanes) is 43. The van der Waals surface area contributed by atoms with Crippen molar-refractivity contribution in [2.24, 2.45) is 5.92 Å². The summed E-state index contributed by atoms with van der Waals surface area (Å²) in [4.78, 5) is 72.6. The molecule has 17 nitrogen and oxygen atoms in total. The summed E-state index contributed by atoms with van der Waals surface area (Å²) in [5.74, 6) is -1.38. The highest BCUT2D eigenvalue weighted by Gasteiger charge is 2.30. The molecule has 19 heteroatoms. The van der Waals surface area contributed by atoms with Gasteiger partial charge in [0.25, 0.3) is 0 Å². The van der Waals surface area contributed by atoms with E-state index < -0.39 is 97.5 Å². The fraction of sp³-hybridized carbons (Fsp3) is 0.944. The minimum Gasteiger partial charge on any atom is -0.462 e. The van der Waals surface area contributed by atoms with Crippen molar-refractivity contribution in [1.82, 2.24) is 0 Å². The molecule has 2 unspecified atom stereocenters. The Hall–Kier alpha value is -1.94. The van der Waals surface area contributed by atoms with Crippen molar-refractivity contribution in [2.75, 3.05) is 39.6 Å². The standard InChI is InChI=1S/C71H138O17P2/c1-6-9-12-15-18-21-24-26-28-30-35-40-45-50-55-69(74)82-61-66(87-70(75)56-51-46-41-36-31-29-27-25-22-19-16-13-10-7-2)62-85-89(77,78)83-58-65(72)59-84-90(79,80)86-63-67(60-81-68(73)54-49-44-39-34-23-20-17-14-11-8-3)88-71(76)57-52-47-42-37-32-33-38-43-48-53-64(4)5/h64-67,72H,6-63H2,1-5H3,(H,77,78)(H,79,80)/t65-,66-,67-/m1/s1. The Kier molecular flexibility index (Phi) is 63.0. The summed E-state index contributed by atoms with van der Waals surface area (Å²) in [6.07, 6.45) is 51.2. The van der Waals surface area contributed by atoms with Crippen LogP contribution in [0.15, 0.2) is 0 Å². The Labute approximate surface area is 549 Å². The molecule has 0 radical (unpaired) electrons. The van der Waals surface area contributed by atoms with E-state index >= 15 is 0 Å². The van der Waals surface area contributed by atoms with Gasteiger partial charge >= 0.3 is 39.5 Å². The lowest BCUT2D eigenvalue weighted by Crippen LogP contribution is -2.30. The van der Waals surface area contributed by atoms with Crippen molar-refractivity contribution >= 4 is 39.5 Å². The molecule has 0 saturated carbocycles. The Morgan fingerprint density at radius 3 is 0.756 bits per heavy atom. The van der Waals surface area contributed by atoms with Crippen molar-refractivity contribution in [3.8, 4) is 0 Å². The SMILES string of the molecule is CCCCCCCCCCCCCCCCC(=O)OC[C@H](COP(=O)(O)OC[C@@H](O)COP(=O)(O)OC[C@@H](COC(=O)CCCCCCCCCCCC)OC(=O)CCCCCCCCCCCC(C)C)OC(=O)CCCCCCCCCCCCCCCC. The zero-order valence-electron chi connectivity index (χ0n) is 58.3. The Bertz CT molecular complexity index is 1740. The fourth-order valence-corrected chi connectivity index (χ4v) is 12.4. The molecule has 0 spiro atoms. The third kappa shape index (κ3) is 64.8. The van der Waals surface area contributed by atoms with E-state index in [4.69, 9.17) is 37.0 Å². The smallest absolute Gasteiger partial charge is 0.462 e. The molecule has 0 rings (SSSR count). The zero-order chi connectivity index (χ0) is 66.3. The maximum atomic E-state index is 13.0. The van der Waals surface area contributed by atoms with E-state index in [9.17, 15) is 43.2 Å². The van der Waals surface area contributed by atoms with Crippen LogP contribution in [0.3, 0.4) is 0 Å². The normalized spacial score (nSPS) is 14.1. The van der Waals surface area contributed by atoms with Gasteiger partial charge in [-0.15, -0.1) is 0 Å². The second kappa shape index (κ2) is 64.4. The molecule has 0 aliphatic heterocycles. The number of aliphatic hydroxyl groups excluding tert-OH is 1. The van der Waals surface area contributed by atoms with Crippen LogP contribution in [0.5, 0.6) is 0 Å². The first kappa shape index (κ1) is 88.1. The second-order valence-corrected chi connectivity index (χ2v) is 29.0. The zero-order valence-corrected chi connectivity index (χ0v) is 60.1. The first-order valence-electron chi connectivity index (χ1n) is 37.1. The van der Waals surface area contributed by atoms with Crippen LogP contribution in [0.2, 0.25) is 0 Å². The van der Waals surface area contributed by atoms with Crippen molar-refractivity contribution in [1.29, 1.82) is 0 Å². The highest BCUT2D eigenvalue weighted by Crippen LogP contribution is 2.45. The number of aliphatic hydroxyl groups is 1. The van der Waals surface area contributed by atoms with Crippen molar-refractivity contribution in [3.05, 3.63) is 0 Å². The molecule has 3 N–H and O–H groups in total. The lowest BCUT2D eigenvalue weighted by Gasteiger charge is -2.21. The van der Waals surface area contributed by atoms with Gasteiger partial charge in [-0.25, -0.2) is 9.13 Å². The number of phosphoric acid groups is 2. The van der Waals surface area contributed by atoms with Gasteiger partial charge in [0.2, 0.25) is 0 Å². The Morgan fingerprint density at radius 1 is 0.300 bits per heavy atom. The molecule has 0 saturated heterocycles. The molecular weight excluding hydrogens is 1190 g/mol. The van der Waals surface area contributed by atoms with Gasteiger partial charge in [-0.05, 0) is 31.6 Å². The van der Waals surface area contributed by atoms with Gasteiger partial charge in [0, 0.05) is 25.7 Å². The number of rotatable bonds is 71. The molecule has 0 aromatic carbocycles. The molecule has 0 fully saturated rings. The monoisotopic (exact) mass is 1320 g/mol. The maximum Gasteiger partial charge on any atom is 0.472 e. The lowest BCUT2D eigenvalue weighted by atomic mass is 10.0. The van der Waals surface area contributed by atoms with Gasteiger partial charge in [-0.3, -0.25) is 37.3 Å². The predicted molar refractivity (Wildman–Crippen MR) is 363 cm³/mol. The molecule has 0 aliphatic rings. The van der Waals surface area contributed by atoms with E-state index in [1.165, 1.54) is 193 Å². The third-order valence-electron chi connectivity index (χ3n) is 16.5. The molecule has 90 heavy (non-hydrogen) atoms. The predicted octanol–water partition coefficient (Wildman–Crippen LogP) is 20.5. The summed E-state index contributed by atoms with van der Waals surface area (Å²) in [5, 5.41) is 10.6. The number of carbonyl (C=O) groups is 4. The van der Waals surface area contributed by atoms with Crippen LogP contribution in [0.4, 0.5) is 0 Å². The van der Waals surface area contributed by atoms with E-state index in [2.05, 4.69) is 34.6 Å². The van der Waals surface area contributed by atoms with Gasteiger partial charge in [-0.2, -0.15) is 0 Å². The van der Waals surface area contributed by atoms with Crippen LogP contribution in [-0.2, 0) is 65.4 Å². The number of hydrogen-bond acceptors (Lipinski definition) is 15. The summed E-state index contributed by atoms with van der Waals surface area (Å²) in [7, 11) is -9.90. The first-order chi connectivity index (χ1) is 43.5. The van der Waals surface area contributed by atoms with Crippen LogP contribution in [0.1, 0.15) is 369 Å².